The lowest BCUT2D eigenvalue weighted by Crippen LogP contribution is -2.52. The summed E-state index contributed by atoms with van der Waals surface area (Å²) in [6.45, 7) is 9.22. The number of ether oxygens (including phenoxy) is 3. The van der Waals surface area contributed by atoms with Gasteiger partial charge in [0.1, 0.15) is 41.3 Å². The number of fused-ring (bicyclic) bond motifs is 1. The van der Waals surface area contributed by atoms with Crippen LogP contribution in [-0.2, 0) is 16.2 Å². The van der Waals surface area contributed by atoms with Crippen LogP contribution in [0.4, 0.5) is 15.8 Å². The van der Waals surface area contributed by atoms with Gasteiger partial charge in [-0.1, -0.05) is 19.1 Å². The van der Waals surface area contributed by atoms with E-state index in [1.165, 1.54) is 19.1 Å². The summed E-state index contributed by atoms with van der Waals surface area (Å²) in [5.41, 5.74) is 3.70. The van der Waals surface area contributed by atoms with Crippen molar-refractivity contribution < 1.29 is 33.3 Å². The average molecular weight is 579 g/mol. The van der Waals surface area contributed by atoms with Crippen LogP contribution in [0.1, 0.15) is 45.2 Å². The second-order valence-electron chi connectivity index (χ2n) is 11.4. The molecule has 3 aromatic carbocycles. The van der Waals surface area contributed by atoms with E-state index in [4.69, 9.17) is 14.2 Å². The molecule has 2 unspecified atom stereocenters. The van der Waals surface area contributed by atoms with E-state index in [0.29, 0.717) is 29.5 Å². The van der Waals surface area contributed by atoms with E-state index in [0.717, 1.165) is 27.9 Å². The molecule has 224 valence electrons. The van der Waals surface area contributed by atoms with E-state index >= 15 is 0 Å². The largest absolute Gasteiger partial charge is 0.496 e. The molecule has 0 saturated carbocycles. The topological polar surface area (TPSA) is 97.3 Å². The number of nitrogens with one attached hydrogen (secondary N) is 1. The molecule has 0 saturated heterocycles. The summed E-state index contributed by atoms with van der Waals surface area (Å²) >= 11 is 0. The zero-order valence-corrected chi connectivity index (χ0v) is 25.2. The third-order valence-corrected chi connectivity index (χ3v) is 7.44. The van der Waals surface area contributed by atoms with Gasteiger partial charge < -0.3 is 29.5 Å². The van der Waals surface area contributed by atoms with Crippen molar-refractivity contribution in [3.8, 4) is 28.4 Å². The number of aliphatic hydroxyl groups is 1. The highest BCUT2D eigenvalue weighted by Crippen LogP contribution is 2.45. The van der Waals surface area contributed by atoms with Gasteiger partial charge >= 0.3 is 0 Å². The maximum atomic E-state index is 14.0. The first-order valence-corrected chi connectivity index (χ1v) is 14.0. The number of anilines is 2. The molecule has 0 fully saturated rings. The van der Waals surface area contributed by atoms with E-state index < -0.39 is 17.5 Å². The van der Waals surface area contributed by atoms with Crippen molar-refractivity contribution in [1.29, 1.82) is 0 Å². The maximum Gasteiger partial charge on any atom is 0.251 e. The number of carbonyl (C=O) groups is 2. The van der Waals surface area contributed by atoms with Gasteiger partial charge in [0.2, 0.25) is 0 Å². The Morgan fingerprint density at radius 1 is 1.05 bits per heavy atom. The zero-order valence-electron chi connectivity index (χ0n) is 25.2. The molecule has 0 spiro atoms. The van der Waals surface area contributed by atoms with Gasteiger partial charge in [0.25, 0.3) is 5.91 Å². The highest BCUT2D eigenvalue weighted by molar-refractivity contribution is 6.08. The van der Waals surface area contributed by atoms with Gasteiger partial charge in [0.05, 0.1) is 25.1 Å². The van der Waals surface area contributed by atoms with Gasteiger partial charge in [-0.25, -0.2) is 4.39 Å². The monoisotopic (exact) mass is 578 g/mol. The minimum absolute atomic E-state index is 0.0682. The van der Waals surface area contributed by atoms with Crippen LogP contribution in [0.3, 0.4) is 0 Å². The van der Waals surface area contributed by atoms with E-state index in [1.54, 1.807) is 31.2 Å². The first kappa shape index (κ1) is 30.8. The number of aliphatic hydroxyl groups excluding tert-OH is 1. The number of Topliss-reactive ketones (excluding diaryl/α,β-unsaturated/α-hetero) is 1. The van der Waals surface area contributed by atoms with Gasteiger partial charge in [0.15, 0.2) is 5.78 Å². The molecule has 2 atom stereocenters. The Morgan fingerprint density at radius 3 is 2.45 bits per heavy atom. The number of carbonyl (C=O) groups excluding carboxylic acids is 2. The molecule has 1 aliphatic rings. The quantitative estimate of drug-likeness (QED) is 0.292. The highest BCUT2D eigenvalue weighted by Gasteiger charge is 2.38. The number of methoxy groups -OCH3 is 1. The summed E-state index contributed by atoms with van der Waals surface area (Å²) in [6.07, 6.45) is -0.783. The first-order valence-electron chi connectivity index (χ1n) is 14.0. The molecular formula is C33H39FN2O6. The Morgan fingerprint density at radius 2 is 1.76 bits per heavy atom. The molecule has 0 bridgehead atoms. The number of hydrogen-bond acceptors (Lipinski definition) is 7. The van der Waals surface area contributed by atoms with Crippen molar-refractivity contribution in [2.24, 2.45) is 5.92 Å². The Labute approximate surface area is 246 Å². The van der Waals surface area contributed by atoms with Crippen LogP contribution in [0.5, 0.6) is 17.2 Å². The summed E-state index contributed by atoms with van der Waals surface area (Å²) < 4.78 is 31.9. The third-order valence-electron chi connectivity index (χ3n) is 7.44. The minimum Gasteiger partial charge on any atom is -0.496 e. The number of ketones is 1. The molecule has 1 amide bonds. The molecule has 0 radical (unpaired) electrons. The zero-order chi connectivity index (χ0) is 30.8. The molecule has 2 N–H and O–H groups in total. The first-order chi connectivity index (χ1) is 19.8. The van der Waals surface area contributed by atoms with Crippen LogP contribution < -0.4 is 24.4 Å². The predicted octanol–water partition coefficient (Wildman–Crippen LogP) is 5.91. The molecule has 3 aromatic rings. The molecule has 0 aliphatic carbocycles. The maximum absolute atomic E-state index is 14.0. The molecule has 9 heteroatoms. The number of halogens is 1. The number of benzene rings is 3. The van der Waals surface area contributed by atoms with E-state index in [9.17, 15) is 19.1 Å². The van der Waals surface area contributed by atoms with E-state index in [-0.39, 0.29) is 30.6 Å². The fourth-order valence-electron chi connectivity index (χ4n) is 5.10. The molecule has 1 aliphatic heterocycles. The highest BCUT2D eigenvalue weighted by atomic mass is 19.1. The van der Waals surface area contributed by atoms with Crippen molar-refractivity contribution in [1.82, 2.24) is 0 Å². The van der Waals surface area contributed by atoms with Gasteiger partial charge in [-0.05, 0) is 69.0 Å². The van der Waals surface area contributed by atoms with Crippen molar-refractivity contribution >= 4 is 23.1 Å². The van der Waals surface area contributed by atoms with Gasteiger partial charge in [-0.15, -0.1) is 0 Å². The van der Waals surface area contributed by atoms with Crippen molar-refractivity contribution in [2.45, 2.75) is 59.3 Å². The Balaban J connectivity index is 1.72. The normalized spacial score (nSPS) is 15.4. The van der Waals surface area contributed by atoms with Crippen molar-refractivity contribution in [2.75, 3.05) is 31.0 Å². The molecule has 4 rings (SSSR count). The molecule has 42 heavy (non-hydrogen) atoms. The van der Waals surface area contributed by atoms with Gasteiger partial charge in [-0.2, -0.15) is 0 Å². The Bertz CT molecular complexity index is 1490. The molecule has 0 aromatic heterocycles. The number of nitrogens with zero attached hydrogens (tertiary/aromatic N) is 1. The van der Waals surface area contributed by atoms with Crippen LogP contribution in [0.15, 0.2) is 48.5 Å². The summed E-state index contributed by atoms with van der Waals surface area (Å²) in [7, 11) is 3.30. The van der Waals surface area contributed by atoms with Crippen LogP contribution in [0.25, 0.3) is 11.1 Å². The van der Waals surface area contributed by atoms with Crippen molar-refractivity contribution in [3.63, 3.8) is 0 Å². The SMILES string of the molecule is COc1cc(OCC(C)CC(=O)C(C)O)ccc1-c1ccc2c(c1COc1cc(F)ccc1C)N(C)C(=O)C(C)(C)N2. The number of rotatable bonds is 11. The number of aryl methyl sites for hydroxylation is 1. The minimum atomic E-state index is -0.998. The lowest BCUT2D eigenvalue weighted by molar-refractivity contribution is -0.127. The standard InChI is InChI=1S/C33H39FN2O6/c1-19(14-28(38)21(3)37)17-41-23-10-11-25(30(16-23)40-7)24-12-13-27-31(36(6)32(39)33(4,5)35-27)26(24)18-42-29-15-22(34)9-8-20(29)2/h8-13,15-16,19,21,35,37H,14,17-18H2,1-7H3. The van der Waals surface area contributed by atoms with E-state index in [2.05, 4.69) is 5.32 Å². The smallest absolute Gasteiger partial charge is 0.251 e. The average Bonchev–Trinajstić information content (AvgIpc) is 2.94. The van der Waals surface area contributed by atoms with Crippen LogP contribution in [0.2, 0.25) is 0 Å². The van der Waals surface area contributed by atoms with Crippen LogP contribution in [0, 0.1) is 18.7 Å². The van der Waals surface area contributed by atoms with E-state index in [1.807, 2.05) is 52.0 Å². The number of likely N-dealkylation sites (N-methyl/N-ethyl adjacent to an activating group) is 1. The summed E-state index contributed by atoms with van der Waals surface area (Å²) in [5, 5.41) is 12.8. The molecule has 8 nitrogen and oxygen atoms in total. The number of amides is 1. The second kappa shape index (κ2) is 12.4. The number of hydrogen-bond donors (Lipinski definition) is 2. The van der Waals surface area contributed by atoms with Crippen LogP contribution >= 0.6 is 0 Å². The lowest BCUT2D eigenvalue weighted by Gasteiger charge is -2.39. The molecular weight excluding hydrogens is 539 g/mol. The summed E-state index contributed by atoms with van der Waals surface area (Å²) in [6, 6.07) is 13.7. The summed E-state index contributed by atoms with van der Waals surface area (Å²) in [5.74, 6) is 0.706. The summed E-state index contributed by atoms with van der Waals surface area (Å²) in [4.78, 5) is 26.8. The fourth-order valence-corrected chi connectivity index (χ4v) is 5.10. The molecule has 1 heterocycles. The Kier molecular flexibility index (Phi) is 9.11. The second-order valence-corrected chi connectivity index (χ2v) is 11.4. The van der Waals surface area contributed by atoms with Gasteiger partial charge in [-0.3, -0.25) is 9.59 Å². The fraction of sp³-hybridized carbons (Fsp3) is 0.394. The van der Waals surface area contributed by atoms with Gasteiger partial charge in [0, 0.05) is 36.7 Å². The van der Waals surface area contributed by atoms with Crippen LogP contribution in [-0.4, -0.2) is 49.2 Å². The van der Waals surface area contributed by atoms with Crippen molar-refractivity contribution in [3.05, 3.63) is 65.5 Å². The lowest BCUT2D eigenvalue weighted by atomic mass is 9.91. The third kappa shape index (κ3) is 6.51. The Hall–Kier alpha value is -4.11. The predicted molar refractivity (Wildman–Crippen MR) is 161 cm³/mol.